The van der Waals surface area contributed by atoms with Gasteiger partial charge in [0.2, 0.25) is 0 Å². The Bertz CT molecular complexity index is 284. The molecule has 2 nitrogen and oxygen atoms in total. The maximum atomic E-state index is 11.3. The fraction of sp³-hybridized carbons (Fsp3) is 0.800. The van der Waals surface area contributed by atoms with Crippen molar-refractivity contribution in [3.8, 4) is 0 Å². The van der Waals surface area contributed by atoms with Gasteiger partial charge in [-0.15, -0.1) is 0 Å². The molecule has 0 saturated heterocycles. The van der Waals surface area contributed by atoms with Crippen LogP contribution in [0.4, 0.5) is 0 Å². The van der Waals surface area contributed by atoms with E-state index >= 15 is 0 Å². The highest BCUT2D eigenvalue weighted by molar-refractivity contribution is 5.69. The molecule has 0 spiro atoms. The van der Waals surface area contributed by atoms with Crippen LogP contribution in [0.25, 0.3) is 0 Å². The molecule has 1 rings (SSSR count). The molecule has 1 aliphatic carbocycles. The van der Waals surface area contributed by atoms with E-state index in [1.54, 1.807) is 0 Å². The van der Waals surface area contributed by atoms with Gasteiger partial charge in [-0.25, -0.2) is 0 Å². The Morgan fingerprint density at radius 3 is 2.65 bits per heavy atom. The van der Waals surface area contributed by atoms with Gasteiger partial charge in [-0.2, -0.15) is 0 Å². The summed E-state index contributed by atoms with van der Waals surface area (Å²) >= 11 is 0. The average molecular weight is 238 g/mol. The molecule has 17 heavy (non-hydrogen) atoms. The lowest BCUT2D eigenvalue weighted by molar-refractivity contribution is -0.143. The molecule has 1 atom stereocenters. The predicted molar refractivity (Wildman–Crippen MR) is 70.7 cm³/mol. The third-order valence-electron chi connectivity index (χ3n) is 3.69. The van der Waals surface area contributed by atoms with E-state index in [1.807, 2.05) is 6.92 Å². The standard InChI is InChI=1S/C15H26O2/c1-5-17-14(16)11-8-12-6-9-13(10-7-12)15(2,3)4/h6,13H,5,7-11H2,1-4H3. The van der Waals surface area contributed by atoms with Gasteiger partial charge in [0.1, 0.15) is 0 Å². The SMILES string of the molecule is CCOC(=O)CCC1=CCC(C(C)(C)C)CC1. The van der Waals surface area contributed by atoms with Gasteiger partial charge in [0.25, 0.3) is 0 Å². The number of allylic oxidation sites excluding steroid dienone is 2. The summed E-state index contributed by atoms with van der Waals surface area (Å²) in [5, 5.41) is 0. The minimum atomic E-state index is -0.0636. The van der Waals surface area contributed by atoms with Crippen molar-refractivity contribution in [3.63, 3.8) is 0 Å². The van der Waals surface area contributed by atoms with Gasteiger partial charge in [-0.1, -0.05) is 32.4 Å². The van der Waals surface area contributed by atoms with Crippen LogP contribution in [0, 0.1) is 11.3 Å². The zero-order valence-electron chi connectivity index (χ0n) is 11.7. The second kappa shape index (κ2) is 6.23. The monoisotopic (exact) mass is 238 g/mol. The van der Waals surface area contributed by atoms with Crippen LogP contribution < -0.4 is 0 Å². The molecule has 0 aromatic carbocycles. The first-order valence-electron chi connectivity index (χ1n) is 6.77. The van der Waals surface area contributed by atoms with Gasteiger partial charge in [-0.3, -0.25) is 4.79 Å². The molecule has 0 heterocycles. The molecule has 0 radical (unpaired) electrons. The van der Waals surface area contributed by atoms with Crippen molar-refractivity contribution in [2.24, 2.45) is 11.3 Å². The minimum Gasteiger partial charge on any atom is -0.466 e. The third-order valence-corrected chi connectivity index (χ3v) is 3.69. The first-order valence-corrected chi connectivity index (χ1v) is 6.77. The summed E-state index contributed by atoms with van der Waals surface area (Å²) in [6.45, 7) is 9.29. The Morgan fingerprint density at radius 1 is 1.47 bits per heavy atom. The van der Waals surface area contributed by atoms with Crippen LogP contribution in [-0.4, -0.2) is 12.6 Å². The first-order chi connectivity index (χ1) is 7.93. The number of hydrogen-bond donors (Lipinski definition) is 0. The molecule has 1 unspecified atom stereocenters. The highest BCUT2D eigenvalue weighted by atomic mass is 16.5. The normalized spacial score (nSPS) is 20.9. The Morgan fingerprint density at radius 2 is 2.18 bits per heavy atom. The molecular formula is C15H26O2. The Kier molecular flexibility index (Phi) is 5.23. The lowest BCUT2D eigenvalue weighted by Crippen LogP contribution is -2.22. The van der Waals surface area contributed by atoms with Crippen molar-refractivity contribution < 1.29 is 9.53 Å². The average Bonchev–Trinajstić information content (AvgIpc) is 2.26. The molecular weight excluding hydrogens is 212 g/mol. The summed E-state index contributed by atoms with van der Waals surface area (Å²) in [7, 11) is 0. The van der Waals surface area contributed by atoms with E-state index in [4.69, 9.17) is 4.74 Å². The van der Waals surface area contributed by atoms with Crippen molar-refractivity contribution in [1.82, 2.24) is 0 Å². The van der Waals surface area contributed by atoms with Gasteiger partial charge < -0.3 is 4.74 Å². The number of carbonyl (C=O) groups is 1. The number of esters is 1. The lowest BCUT2D eigenvalue weighted by Gasteiger charge is -2.33. The highest BCUT2D eigenvalue weighted by Crippen LogP contribution is 2.37. The molecule has 0 aromatic rings. The first kappa shape index (κ1) is 14.3. The van der Waals surface area contributed by atoms with Crippen LogP contribution in [0.5, 0.6) is 0 Å². The fourth-order valence-corrected chi connectivity index (χ4v) is 2.40. The molecule has 98 valence electrons. The number of carbonyl (C=O) groups excluding carboxylic acids is 1. The fourth-order valence-electron chi connectivity index (χ4n) is 2.40. The van der Waals surface area contributed by atoms with E-state index < -0.39 is 0 Å². The van der Waals surface area contributed by atoms with Crippen molar-refractivity contribution in [2.75, 3.05) is 6.61 Å². The Hall–Kier alpha value is -0.790. The van der Waals surface area contributed by atoms with Gasteiger partial charge in [-0.05, 0) is 43.9 Å². The zero-order valence-corrected chi connectivity index (χ0v) is 11.7. The van der Waals surface area contributed by atoms with Crippen LogP contribution in [-0.2, 0) is 9.53 Å². The van der Waals surface area contributed by atoms with Crippen molar-refractivity contribution in [3.05, 3.63) is 11.6 Å². The van der Waals surface area contributed by atoms with Gasteiger partial charge in [0.05, 0.1) is 6.61 Å². The highest BCUT2D eigenvalue weighted by Gasteiger charge is 2.26. The molecule has 1 aliphatic rings. The number of ether oxygens (including phenoxy) is 1. The number of hydrogen-bond acceptors (Lipinski definition) is 2. The van der Waals surface area contributed by atoms with Gasteiger partial charge in [0, 0.05) is 6.42 Å². The Balaban J connectivity index is 2.34. The van der Waals surface area contributed by atoms with E-state index in [2.05, 4.69) is 26.8 Å². The minimum absolute atomic E-state index is 0.0636. The lowest BCUT2D eigenvalue weighted by atomic mass is 9.73. The molecule has 0 amide bonds. The summed E-state index contributed by atoms with van der Waals surface area (Å²) in [4.78, 5) is 11.3. The van der Waals surface area contributed by atoms with Crippen LogP contribution >= 0.6 is 0 Å². The second-order valence-corrected chi connectivity index (χ2v) is 6.00. The summed E-state index contributed by atoms with van der Waals surface area (Å²) < 4.78 is 4.94. The third kappa shape index (κ3) is 4.93. The molecule has 0 aliphatic heterocycles. The second-order valence-electron chi connectivity index (χ2n) is 6.00. The maximum absolute atomic E-state index is 11.3. The van der Waals surface area contributed by atoms with E-state index in [9.17, 15) is 4.79 Å². The molecule has 0 saturated carbocycles. The Labute approximate surface area is 105 Å². The summed E-state index contributed by atoms with van der Waals surface area (Å²) in [5.74, 6) is 0.722. The van der Waals surface area contributed by atoms with Crippen LogP contribution in [0.2, 0.25) is 0 Å². The molecule has 0 N–H and O–H groups in total. The van der Waals surface area contributed by atoms with E-state index in [0.717, 1.165) is 18.8 Å². The van der Waals surface area contributed by atoms with Crippen LogP contribution in [0.1, 0.15) is 59.8 Å². The summed E-state index contributed by atoms with van der Waals surface area (Å²) in [5.41, 5.74) is 1.85. The molecule has 0 bridgehead atoms. The van der Waals surface area contributed by atoms with E-state index in [1.165, 1.54) is 18.4 Å². The number of rotatable bonds is 4. The maximum Gasteiger partial charge on any atom is 0.306 e. The quantitative estimate of drug-likeness (QED) is 0.544. The van der Waals surface area contributed by atoms with Crippen molar-refractivity contribution in [2.45, 2.75) is 59.8 Å². The largest absolute Gasteiger partial charge is 0.466 e. The molecule has 2 heteroatoms. The van der Waals surface area contributed by atoms with Gasteiger partial charge >= 0.3 is 5.97 Å². The van der Waals surface area contributed by atoms with Crippen LogP contribution in [0.3, 0.4) is 0 Å². The topological polar surface area (TPSA) is 26.3 Å². The van der Waals surface area contributed by atoms with Gasteiger partial charge in [0.15, 0.2) is 0 Å². The van der Waals surface area contributed by atoms with E-state index in [0.29, 0.717) is 18.4 Å². The smallest absolute Gasteiger partial charge is 0.306 e. The van der Waals surface area contributed by atoms with Crippen LogP contribution in [0.15, 0.2) is 11.6 Å². The van der Waals surface area contributed by atoms with E-state index in [-0.39, 0.29) is 5.97 Å². The summed E-state index contributed by atoms with van der Waals surface area (Å²) in [6.07, 6.45) is 7.36. The molecule has 0 fully saturated rings. The van der Waals surface area contributed by atoms with Crippen molar-refractivity contribution >= 4 is 5.97 Å². The molecule has 0 aromatic heterocycles. The summed E-state index contributed by atoms with van der Waals surface area (Å²) in [6, 6.07) is 0. The predicted octanol–water partition coefficient (Wildman–Crippen LogP) is 4.10. The van der Waals surface area contributed by atoms with Crippen molar-refractivity contribution in [1.29, 1.82) is 0 Å². The zero-order chi connectivity index (χ0) is 12.9.